The molecule has 5 nitrogen and oxygen atoms in total. The number of anilines is 1. The monoisotopic (exact) mass is 392 g/mol. The molecule has 29 heavy (non-hydrogen) atoms. The summed E-state index contributed by atoms with van der Waals surface area (Å²) >= 11 is 0. The Bertz CT molecular complexity index is 975. The molecule has 0 heterocycles. The van der Waals surface area contributed by atoms with Gasteiger partial charge < -0.3 is 15.4 Å². The zero-order valence-electron chi connectivity index (χ0n) is 15.9. The first-order chi connectivity index (χ1) is 14.0. The van der Waals surface area contributed by atoms with Crippen LogP contribution in [0.25, 0.3) is 0 Å². The van der Waals surface area contributed by atoms with Gasteiger partial charge >= 0.3 is 0 Å². The van der Waals surface area contributed by atoms with Crippen LogP contribution in [0.3, 0.4) is 0 Å². The van der Waals surface area contributed by atoms with Gasteiger partial charge in [0.15, 0.2) is 6.10 Å². The van der Waals surface area contributed by atoms with E-state index in [1.165, 1.54) is 24.3 Å². The molecule has 0 spiro atoms. The number of halogens is 1. The molecule has 2 amide bonds. The van der Waals surface area contributed by atoms with Gasteiger partial charge in [0, 0.05) is 12.2 Å². The first-order valence-corrected chi connectivity index (χ1v) is 9.17. The molecular formula is C23H21FN2O3. The number of para-hydroxylation sites is 1. The molecule has 0 aliphatic heterocycles. The Labute approximate surface area is 168 Å². The minimum atomic E-state index is -0.858. The zero-order valence-corrected chi connectivity index (χ0v) is 15.9. The molecule has 0 aliphatic carbocycles. The van der Waals surface area contributed by atoms with E-state index in [9.17, 15) is 14.0 Å². The van der Waals surface area contributed by atoms with E-state index < -0.39 is 12.0 Å². The fourth-order valence-corrected chi connectivity index (χ4v) is 2.65. The van der Waals surface area contributed by atoms with E-state index in [2.05, 4.69) is 10.6 Å². The number of benzene rings is 3. The largest absolute Gasteiger partial charge is 0.480 e. The third-order valence-electron chi connectivity index (χ3n) is 4.21. The number of nitrogens with one attached hydrogen (secondary N) is 2. The summed E-state index contributed by atoms with van der Waals surface area (Å²) in [6.07, 6.45) is -0.858. The Hall–Kier alpha value is -3.67. The summed E-state index contributed by atoms with van der Waals surface area (Å²) < 4.78 is 18.7. The highest BCUT2D eigenvalue weighted by molar-refractivity contribution is 5.97. The fourth-order valence-electron chi connectivity index (χ4n) is 2.65. The molecule has 0 bridgehead atoms. The maximum absolute atomic E-state index is 13.0. The molecule has 2 N–H and O–H groups in total. The van der Waals surface area contributed by atoms with E-state index >= 15 is 0 Å². The summed E-state index contributed by atoms with van der Waals surface area (Å²) in [5, 5.41) is 5.50. The van der Waals surface area contributed by atoms with Gasteiger partial charge in [0.05, 0.1) is 5.56 Å². The second-order valence-corrected chi connectivity index (χ2v) is 6.42. The van der Waals surface area contributed by atoms with Crippen molar-refractivity contribution in [2.45, 2.75) is 19.6 Å². The highest BCUT2D eigenvalue weighted by Crippen LogP contribution is 2.20. The van der Waals surface area contributed by atoms with Gasteiger partial charge in [0.1, 0.15) is 11.6 Å². The maximum atomic E-state index is 13.0. The van der Waals surface area contributed by atoms with Crippen LogP contribution in [0, 0.1) is 5.82 Å². The first-order valence-electron chi connectivity index (χ1n) is 9.17. The van der Waals surface area contributed by atoms with Crippen LogP contribution in [0.1, 0.15) is 22.8 Å². The summed E-state index contributed by atoms with van der Waals surface area (Å²) in [5.74, 6) is -0.783. The van der Waals surface area contributed by atoms with Crippen LogP contribution in [0.2, 0.25) is 0 Å². The van der Waals surface area contributed by atoms with E-state index in [0.29, 0.717) is 23.5 Å². The Morgan fingerprint density at radius 1 is 0.931 bits per heavy atom. The van der Waals surface area contributed by atoms with E-state index in [-0.39, 0.29) is 11.7 Å². The van der Waals surface area contributed by atoms with E-state index in [0.717, 1.165) is 5.56 Å². The minimum Gasteiger partial charge on any atom is -0.480 e. The second-order valence-electron chi connectivity index (χ2n) is 6.42. The molecule has 3 aromatic carbocycles. The standard InChI is InChI=1S/C23H21FN2O3/c1-16(22(27)26-19-13-11-18(24)12-14-19)29-21-10-6-5-9-20(21)23(28)25-15-17-7-3-2-4-8-17/h2-14,16H,15H2,1H3,(H,25,28)(H,26,27)/t16-/m1/s1. The van der Waals surface area contributed by atoms with Crippen LogP contribution in [0.15, 0.2) is 78.9 Å². The van der Waals surface area contributed by atoms with Gasteiger partial charge in [0.2, 0.25) is 0 Å². The van der Waals surface area contributed by atoms with Crippen LogP contribution in [0.4, 0.5) is 10.1 Å². The molecule has 0 aliphatic rings. The molecule has 0 fully saturated rings. The summed E-state index contributed by atoms with van der Waals surface area (Å²) in [4.78, 5) is 24.9. The van der Waals surface area contributed by atoms with Crippen molar-refractivity contribution in [3.63, 3.8) is 0 Å². The van der Waals surface area contributed by atoms with Crippen LogP contribution >= 0.6 is 0 Å². The smallest absolute Gasteiger partial charge is 0.265 e. The van der Waals surface area contributed by atoms with E-state index in [1.807, 2.05) is 30.3 Å². The van der Waals surface area contributed by atoms with Gasteiger partial charge in [-0.15, -0.1) is 0 Å². The van der Waals surface area contributed by atoms with Crippen LogP contribution in [-0.2, 0) is 11.3 Å². The van der Waals surface area contributed by atoms with Crippen molar-refractivity contribution >= 4 is 17.5 Å². The Morgan fingerprint density at radius 2 is 1.59 bits per heavy atom. The second kappa shape index (κ2) is 9.50. The Morgan fingerprint density at radius 3 is 2.31 bits per heavy atom. The molecule has 1 atom stereocenters. The van der Waals surface area contributed by atoms with Gasteiger partial charge in [0.25, 0.3) is 11.8 Å². The highest BCUT2D eigenvalue weighted by Gasteiger charge is 2.19. The number of ether oxygens (including phenoxy) is 1. The number of carbonyl (C=O) groups excluding carboxylic acids is 2. The molecule has 3 aromatic rings. The molecule has 6 heteroatoms. The van der Waals surface area contributed by atoms with Crippen LogP contribution in [0.5, 0.6) is 5.75 Å². The van der Waals surface area contributed by atoms with Gasteiger partial charge in [-0.05, 0) is 48.9 Å². The Balaban J connectivity index is 1.63. The van der Waals surface area contributed by atoms with Gasteiger partial charge in [-0.3, -0.25) is 9.59 Å². The molecular weight excluding hydrogens is 371 g/mol. The average molecular weight is 392 g/mol. The normalized spacial score (nSPS) is 11.4. The molecule has 148 valence electrons. The number of amides is 2. The maximum Gasteiger partial charge on any atom is 0.265 e. The third-order valence-corrected chi connectivity index (χ3v) is 4.21. The molecule has 0 saturated heterocycles. The lowest BCUT2D eigenvalue weighted by Crippen LogP contribution is -2.31. The summed E-state index contributed by atoms with van der Waals surface area (Å²) in [6, 6.07) is 21.7. The van der Waals surface area contributed by atoms with Crippen molar-refractivity contribution in [3.8, 4) is 5.75 Å². The SMILES string of the molecule is C[C@@H](Oc1ccccc1C(=O)NCc1ccccc1)C(=O)Nc1ccc(F)cc1. The number of rotatable bonds is 7. The van der Waals surface area contributed by atoms with Crippen molar-refractivity contribution in [3.05, 3.63) is 95.8 Å². The van der Waals surface area contributed by atoms with Crippen LogP contribution < -0.4 is 15.4 Å². The van der Waals surface area contributed by atoms with Crippen molar-refractivity contribution in [2.75, 3.05) is 5.32 Å². The molecule has 0 aromatic heterocycles. The highest BCUT2D eigenvalue weighted by atomic mass is 19.1. The molecule has 3 rings (SSSR count). The average Bonchev–Trinajstić information content (AvgIpc) is 2.74. The van der Waals surface area contributed by atoms with E-state index in [4.69, 9.17) is 4.74 Å². The number of carbonyl (C=O) groups is 2. The molecule has 0 unspecified atom stereocenters. The minimum absolute atomic E-state index is 0.296. The van der Waals surface area contributed by atoms with Crippen LogP contribution in [-0.4, -0.2) is 17.9 Å². The third kappa shape index (κ3) is 5.65. The predicted octanol–water partition coefficient (Wildman–Crippen LogP) is 4.16. The number of hydrogen-bond acceptors (Lipinski definition) is 3. The van der Waals surface area contributed by atoms with Crippen molar-refractivity contribution in [1.82, 2.24) is 5.32 Å². The Kier molecular flexibility index (Phi) is 6.58. The first kappa shape index (κ1) is 20.1. The van der Waals surface area contributed by atoms with Crippen molar-refractivity contribution in [2.24, 2.45) is 0 Å². The predicted molar refractivity (Wildman–Crippen MR) is 109 cm³/mol. The molecule has 0 saturated carbocycles. The lowest BCUT2D eigenvalue weighted by molar-refractivity contribution is -0.122. The van der Waals surface area contributed by atoms with Gasteiger partial charge in [-0.25, -0.2) is 4.39 Å². The number of hydrogen-bond donors (Lipinski definition) is 2. The van der Waals surface area contributed by atoms with E-state index in [1.54, 1.807) is 31.2 Å². The topological polar surface area (TPSA) is 67.4 Å². The lowest BCUT2D eigenvalue weighted by atomic mass is 10.1. The summed E-state index contributed by atoms with van der Waals surface area (Å²) in [5.41, 5.74) is 1.77. The van der Waals surface area contributed by atoms with Gasteiger partial charge in [-0.1, -0.05) is 42.5 Å². The quantitative estimate of drug-likeness (QED) is 0.634. The fraction of sp³-hybridized carbons (Fsp3) is 0.130. The van der Waals surface area contributed by atoms with Crippen molar-refractivity contribution in [1.29, 1.82) is 0 Å². The summed E-state index contributed by atoms with van der Waals surface area (Å²) in [6.45, 7) is 1.96. The lowest BCUT2D eigenvalue weighted by Gasteiger charge is -2.17. The van der Waals surface area contributed by atoms with Crippen molar-refractivity contribution < 1.29 is 18.7 Å². The summed E-state index contributed by atoms with van der Waals surface area (Å²) in [7, 11) is 0. The zero-order chi connectivity index (χ0) is 20.6. The molecule has 0 radical (unpaired) electrons. The van der Waals surface area contributed by atoms with Gasteiger partial charge in [-0.2, -0.15) is 0 Å².